The van der Waals surface area contributed by atoms with Crippen molar-refractivity contribution in [1.82, 2.24) is 4.57 Å². The maximum atomic E-state index is 12.6. The molecule has 1 heterocycles. The van der Waals surface area contributed by atoms with Crippen LogP contribution in [0, 0.1) is 0 Å². The van der Waals surface area contributed by atoms with Gasteiger partial charge in [0.2, 0.25) is 5.91 Å². The van der Waals surface area contributed by atoms with Crippen LogP contribution in [0.4, 0.5) is 5.69 Å². The van der Waals surface area contributed by atoms with Crippen LogP contribution in [0.25, 0.3) is 10.9 Å². The minimum atomic E-state index is 0.0918. The Bertz CT molecular complexity index is 795. The van der Waals surface area contributed by atoms with Crippen molar-refractivity contribution in [2.75, 3.05) is 11.4 Å². The van der Waals surface area contributed by atoms with Gasteiger partial charge < -0.3 is 9.47 Å². The number of anilines is 1. The van der Waals surface area contributed by atoms with Crippen molar-refractivity contribution < 1.29 is 4.79 Å². The standard InChI is InChI=1S/C18H17BrN2O/c1-2-21(16-6-4-3-5-7-16)18(22)13-20-11-10-14-12-15(19)8-9-17(14)20/h3-12H,2,13H2,1H3. The van der Waals surface area contributed by atoms with E-state index in [-0.39, 0.29) is 5.91 Å². The molecule has 1 amide bonds. The largest absolute Gasteiger partial charge is 0.338 e. The number of likely N-dealkylation sites (N-methyl/N-ethyl adjacent to an activating group) is 1. The fourth-order valence-corrected chi connectivity index (χ4v) is 3.03. The van der Waals surface area contributed by atoms with Crippen molar-refractivity contribution in [3.63, 3.8) is 0 Å². The van der Waals surface area contributed by atoms with Crippen molar-refractivity contribution in [2.45, 2.75) is 13.5 Å². The van der Waals surface area contributed by atoms with Crippen LogP contribution in [0.5, 0.6) is 0 Å². The molecular formula is C18H17BrN2O. The Balaban J connectivity index is 1.86. The highest BCUT2D eigenvalue weighted by molar-refractivity contribution is 9.10. The highest BCUT2D eigenvalue weighted by Crippen LogP contribution is 2.21. The number of nitrogens with zero attached hydrogens (tertiary/aromatic N) is 2. The van der Waals surface area contributed by atoms with E-state index in [4.69, 9.17) is 0 Å². The Morgan fingerprint density at radius 2 is 1.91 bits per heavy atom. The lowest BCUT2D eigenvalue weighted by Crippen LogP contribution is -2.33. The predicted molar refractivity (Wildman–Crippen MR) is 94.1 cm³/mol. The molecule has 0 saturated carbocycles. The summed E-state index contributed by atoms with van der Waals surface area (Å²) in [4.78, 5) is 14.5. The molecular weight excluding hydrogens is 340 g/mol. The SMILES string of the molecule is CCN(C(=O)Cn1ccc2cc(Br)ccc21)c1ccccc1. The molecule has 4 heteroatoms. The summed E-state index contributed by atoms with van der Waals surface area (Å²) in [5.74, 6) is 0.0918. The minimum Gasteiger partial charge on any atom is -0.338 e. The molecule has 3 aromatic rings. The number of halogens is 1. The quantitative estimate of drug-likeness (QED) is 0.677. The van der Waals surface area contributed by atoms with Crippen LogP contribution in [0.3, 0.4) is 0 Å². The fourth-order valence-electron chi connectivity index (χ4n) is 2.65. The van der Waals surface area contributed by atoms with Crippen LogP contribution < -0.4 is 4.90 Å². The molecule has 0 fully saturated rings. The molecule has 0 N–H and O–H groups in total. The van der Waals surface area contributed by atoms with Gasteiger partial charge in [0.25, 0.3) is 0 Å². The average Bonchev–Trinajstić information content (AvgIpc) is 2.91. The van der Waals surface area contributed by atoms with E-state index in [1.54, 1.807) is 0 Å². The highest BCUT2D eigenvalue weighted by atomic mass is 79.9. The van der Waals surface area contributed by atoms with Gasteiger partial charge in [-0.3, -0.25) is 4.79 Å². The third-order valence-electron chi connectivity index (χ3n) is 3.72. The molecule has 0 radical (unpaired) electrons. The van der Waals surface area contributed by atoms with E-state index in [1.807, 2.05) is 71.1 Å². The molecule has 0 bridgehead atoms. The third-order valence-corrected chi connectivity index (χ3v) is 4.22. The molecule has 112 valence electrons. The summed E-state index contributed by atoms with van der Waals surface area (Å²) in [6, 6.07) is 17.9. The van der Waals surface area contributed by atoms with Crippen LogP contribution in [-0.4, -0.2) is 17.0 Å². The van der Waals surface area contributed by atoms with Gasteiger partial charge >= 0.3 is 0 Å². The Kier molecular flexibility index (Phi) is 4.29. The summed E-state index contributed by atoms with van der Waals surface area (Å²) in [5.41, 5.74) is 2.01. The van der Waals surface area contributed by atoms with Crippen LogP contribution in [0.1, 0.15) is 6.92 Å². The number of aromatic nitrogens is 1. The number of amides is 1. The first kappa shape index (κ1) is 14.9. The first-order valence-electron chi connectivity index (χ1n) is 7.29. The highest BCUT2D eigenvalue weighted by Gasteiger charge is 2.15. The number of hydrogen-bond acceptors (Lipinski definition) is 1. The minimum absolute atomic E-state index is 0.0918. The third kappa shape index (κ3) is 2.92. The zero-order chi connectivity index (χ0) is 15.5. The van der Waals surface area contributed by atoms with E-state index in [0.717, 1.165) is 21.1 Å². The zero-order valence-corrected chi connectivity index (χ0v) is 14.0. The molecule has 1 aromatic heterocycles. The summed E-state index contributed by atoms with van der Waals surface area (Å²) in [7, 11) is 0. The van der Waals surface area contributed by atoms with Crippen molar-refractivity contribution >= 4 is 38.4 Å². The molecule has 0 spiro atoms. The van der Waals surface area contributed by atoms with E-state index in [9.17, 15) is 4.79 Å². The molecule has 0 saturated heterocycles. The van der Waals surface area contributed by atoms with E-state index in [0.29, 0.717) is 13.1 Å². The molecule has 0 atom stereocenters. The number of fused-ring (bicyclic) bond motifs is 1. The first-order valence-corrected chi connectivity index (χ1v) is 8.08. The Morgan fingerprint density at radius 1 is 1.14 bits per heavy atom. The van der Waals surface area contributed by atoms with Crippen LogP contribution >= 0.6 is 15.9 Å². The number of para-hydroxylation sites is 1. The Hall–Kier alpha value is -2.07. The topological polar surface area (TPSA) is 25.2 Å². The molecule has 0 aliphatic rings. The van der Waals surface area contributed by atoms with E-state index < -0.39 is 0 Å². The van der Waals surface area contributed by atoms with Crippen LogP contribution in [-0.2, 0) is 11.3 Å². The second kappa shape index (κ2) is 6.36. The molecule has 2 aromatic carbocycles. The molecule has 3 nitrogen and oxygen atoms in total. The lowest BCUT2D eigenvalue weighted by Gasteiger charge is -2.21. The number of rotatable bonds is 4. The molecule has 0 aliphatic carbocycles. The van der Waals surface area contributed by atoms with Gasteiger partial charge in [0.05, 0.1) is 0 Å². The van der Waals surface area contributed by atoms with Gasteiger partial charge in [0.15, 0.2) is 0 Å². The van der Waals surface area contributed by atoms with Crippen molar-refractivity contribution in [1.29, 1.82) is 0 Å². The number of hydrogen-bond donors (Lipinski definition) is 0. The Morgan fingerprint density at radius 3 is 2.64 bits per heavy atom. The summed E-state index contributed by atoms with van der Waals surface area (Å²) in [5, 5.41) is 1.13. The fraction of sp³-hybridized carbons (Fsp3) is 0.167. The van der Waals surface area contributed by atoms with E-state index in [2.05, 4.69) is 22.0 Å². The summed E-state index contributed by atoms with van der Waals surface area (Å²) >= 11 is 3.47. The number of benzene rings is 2. The lowest BCUT2D eigenvalue weighted by molar-refractivity contribution is -0.119. The van der Waals surface area contributed by atoms with Crippen molar-refractivity contribution in [3.05, 3.63) is 65.3 Å². The van der Waals surface area contributed by atoms with Gasteiger partial charge in [0, 0.05) is 33.8 Å². The molecule has 3 rings (SSSR count). The van der Waals surface area contributed by atoms with E-state index >= 15 is 0 Å². The summed E-state index contributed by atoms with van der Waals surface area (Å²) < 4.78 is 3.04. The summed E-state index contributed by atoms with van der Waals surface area (Å²) in [6.07, 6.45) is 1.97. The van der Waals surface area contributed by atoms with Gasteiger partial charge in [-0.15, -0.1) is 0 Å². The summed E-state index contributed by atoms with van der Waals surface area (Å²) in [6.45, 7) is 3.00. The smallest absolute Gasteiger partial charge is 0.246 e. The van der Waals surface area contributed by atoms with Crippen molar-refractivity contribution in [3.8, 4) is 0 Å². The lowest BCUT2D eigenvalue weighted by atomic mass is 10.2. The van der Waals surface area contributed by atoms with Crippen molar-refractivity contribution in [2.24, 2.45) is 0 Å². The second-order valence-corrected chi connectivity index (χ2v) is 6.04. The first-order chi connectivity index (χ1) is 10.7. The predicted octanol–water partition coefficient (Wildman–Crippen LogP) is 4.46. The number of carbonyl (C=O) groups is 1. The molecule has 0 unspecified atom stereocenters. The van der Waals surface area contributed by atoms with E-state index in [1.165, 1.54) is 0 Å². The normalized spacial score (nSPS) is 10.8. The molecule has 22 heavy (non-hydrogen) atoms. The molecule has 0 aliphatic heterocycles. The zero-order valence-electron chi connectivity index (χ0n) is 12.4. The number of carbonyl (C=O) groups excluding carboxylic acids is 1. The average molecular weight is 357 g/mol. The van der Waals surface area contributed by atoms with Gasteiger partial charge in [-0.05, 0) is 43.3 Å². The Labute approximate surface area is 138 Å². The van der Waals surface area contributed by atoms with Crippen LogP contribution in [0.2, 0.25) is 0 Å². The monoisotopic (exact) mass is 356 g/mol. The second-order valence-electron chi connectivity index (χ2n) is 5.12. The van der Waals surface area contributed by atoms with Gasteiger partial charge in [0.1, 0.15) is 6.54 Å². The van der Waals surface area contributed by atoms with Gasteiger partial charge in [-0.1, -0.05) is 34.1 Å². The maximum Gasteiger partial charge on any atom is 0.246 e. The van der Waals surface area contributed by atoms with Crippen LogP contribution in [0.15, 0.2) is 65.3 Å². The van der Waals surface area contributed by atoms with Gasteiger partial charge in [-0.2, -0.15) is 0 Å². The van der Waals surface area contributed by atoms with Gasteiger partial charge in [-0.25, -0.2) is 0 Å². The maximum absolute atomic E-state index is 12.6.